The molecule has 0 spiro atoms. The number of nitrogens with one attached hydrogen (secondary N) is 1. The minimum Gasteiger partial charge on any atom is -0.382 e. The van der Waals surface area contributed by atoms with E-state index in [1.54, 1.807) is 12.3 Å². The van der Waals surface area contributed by atoms with Gasteiger partial charge in [-0.05, 0) is 12.1 Å². The Morgan fingerprint density at radius 2 is 2.00 bits per heavy atom. The maximum atomic E-state index is 5.50. The molecule has 3 aromatic rings. The number of anilines is 1. The van der Waals surface area contributed by atoms with E-state index in [0.717, 1.165) is 22.2 Å². The summed E-state index contributed by atoms with van der Waals surface area (Å²) < 4.78 is 0. The molecule has 0 amide bonds. The van der Waals surface area contributed by atoms with Crippen molar-refractivity contribution in [2.24, 2.45) is 0 Å². The maximum Gasteiger partial charge on any atom is 0.146 e. The van der Waals surface area contributed by atoms with Crippen molar-refractivity contribution >= 4 is 16.7 Å². The van der Waals surface area contributed by atoms with Gasteiger partial charge in [-0.3, -0.25) is 5.10 Å². The molecule has 0 aliphatic heterocycles. The molecule has 5 heteroatoms. The van der Waals surface area contributed by atoms with Gasteiger partial charge >= 0.3 is 0 Å². The molecule has 0 atom stereocenters. The van der Waals surface area contributed by atoms with E-state index in [1.165, 1.54) is 0 Å². The number of nitrogens with zero attached hydrogens (tertiary/aromatic N) is 3. The fourth-order valence-corrected chi connectivity index (χ4v) is 1.67. The summed E-state index contributed by atoms with van der Waals surface area (Å²) in [6.45, 7) is 0. The highest BCUT2D eigenvalue weighted by molar-refractivity contribution is 5.92. The predicted molar refractivity (Wildman–Crippen MR) is 61.5 cm³/mol. The van der Waals surface area contributed by atoms with Crippen LogP contribution in [-0.4, -0.2) is 20.4 Å². The number of aromatic nitrogens is 4. The molecule has 78 valence electrons. The number of benzene rings is 1. The second-order valence-corrected chi connectivity index (χ2v) is 3.48. The number of H-pyrrole nitrogens is 1. The van der Waals surface area contributed by atoms with Gasteiger partial charge in [0.05, 0.1) is 17.4 Å². The van der Waals surface area contributed by atoms with E-state index in [9.17, 15) is 0 Å². The van der Waals surface area contributed by atoms with Crippen LogP contribution in [0.1, 0.15) is 0 Å². The van der Waals surface area contributed by atoms with Crippen LogP contribution in [0.15, 0.2) is 36.5 Å². The van der Waals surface area contributed by atoms with Gasteiger partial charge in [0.15, 0.2) is 0 Å². The second kappa shape index (κ2) is 3.30. The maximum absolute atomic E-state index is 5.50. The van der Waals surface area contributed by atoms with Gasteiger partial charge in [0.25, 0.3) is 0 Å². The first-order valence-electron chi connectivity index (χ1n) is 4.86. The van der Waals surface area contributed by atoms with Crippen molar-refractivity contribution in [2.75, 3.05) is 5.73 Å². The molecule has 2 heterocycles. The van der Waals surface area contributed by atoms with E-state index in [4.69, 9.17) is 5.73 Å². The Hall–Kier alpha value is -2.43. The Kier molecular flexibility index (Phi) is 1.83. The summed E-state index contributed by atoms with van der Waals surface area (Å²) in [5.74, 6) is 0.417. The van der Waals surface area contributed by atoms with E-state index in [2.05, 4.69) is 20.4 Å². The molecule has 0 radical (unpaired) electrons. The van der Waals surface area contributed by atoms with Crippen LogP contribution in [-0.2, 0) is 0 Å². The molecule has 1 aromatic carbocycles. The Morgan fingerprint density at radius 1 is 1.06 bits per heavy atom. The molecule has 16 heavy (non-hydrogen) atoms. The number of fused-ring (bicyclic) bond motifs is 1. The van der Waals surface area contributed by atoms with Gasteiger partial charge in [-0.2, -0.15) is 5.10 Å². The van der Waals surface area contributed by atoms with Gasteiger partial charge in [0.1, 0.15) is 5.82 Å². The van der Waals surface area contributed by atoms with Crippen LogP contribution < -0.4 is 5.73 Å². The van der Waals surface area contributed by atoms with Gasteiger partial charge in [0, 0.05) is 10.9 Å². The van der Waals surface area contributed by atoms with E-state index >= 15 is 0 Å². The highest BCUT2D eigenvalue weighted by atomic mass is 15.1. The summed E-state index contributed by atoms with van der Waals surface area (Å²) in [5, 5.41) is 15.9. The number of nitrogens with two attached hydrogens (primary N) is 1. The molecular formula is C11H9N5. The quantitative estimate of drug-likeness (QED) is 0.640. The molecule has 3 N–H and O–H groups in total. The number of nitrogen functional groups attached to an aromatic ring is 1. The van der Waals surface area contributed by atoms with E-state index in [0.29, 0.717) is 5.82 Å². The monoisotopic (exact) mass is 211 g/mol. The van der Waals surface area contributed by atoms with Crippen molar-refractivity contribution in [2.45, 2.75) is 0 Å². The fourth-order valence-electron chi connectivity index (χ4n) is 1.67. The lowest BCUT2D eigenvalue weighted by molar-refractivity contribution is 1.05. The summed E-state index contributed by atoms with van der Waals surface area (Å²) in [4.78, 5) is 0. The molecule has 0 fully saturated rings. The smallest absolute Gasteiger partial charge is 0.146 e. The Morgan fingerprint density at radius 3 is 2.81 bits per heavy atom. The zero-order valence-electron chi connectivity index (χ0n) is 8.38. The molecule has 0 aliphatic rings. The number of hydrogen-bond donors (Lipinski definition) is 2. The summed E-state index contributed by atoms with van der Waals surface area (Å²) >= 11 is 0. The summed E-state index contributed by atoms with van der Waals surface area (Å²) in [6, 6.07) is 9.51. The molecule has 0 saturated heterocycles. The molecule has 5 nitrogen and oxygen atoms in total. The van der Waals surface area contributed by atoms with Crippen molar-refractivity contribution in [1.29, 1.82) is 0 Å². The lowest BCUT2D eigenvalue weighted by atomic mass is 10.1. The zero-order chi connectivity index (χ0) is 11.0. The summed E-state index contributed by atoms with van der Waals surface area (Å²) in [6.07, 6.45) is 1.78. The molecular weight excluding hydrogens is 202 g/mol. The van der Waals surface area contributed by atoms with Crippen molar-refractivity contribution in [3.05, 3.63) is 36.5 Å². The number of aromatic amines is 1. The van der Waals surface area contributed by atoms with E-state index in [1.807, 2.05) is 24.3 Å². The second-order valence-electron chi connectivity index (χ2n) is 3.48. The van der Waals surface area contributed by atoms with Gasteiger partial charge in [-0.1, -0.05) is 18.2 Å². The standard InChI is InChI=1S/C11H9N5/c12-10-5-4-9(14-15-10)8-3-1-2-7-6-13-16-11(7)8/h1-6H,(H2,12,15)(H,13,16). The van der Waals surface area contributed by atoms with Gasteiger partial charge in [-0.25, -0.2) is 0 Å². The van der Waals surface area contributed by atoms with Crippen LogP contribution in [0.4, 0.5) is 5.82 Å². The lowest BCUT2D eigenvalue weighted by Crippen LogP contribution is -1.94. The van der Waals surface area contributed by atoms with Crippen LogP contribution in [0, 0.1) is 0 Å². The predicted octanol–water partition coefficient (Wildman–Crippen LogP) is 1.60. The first-order chi connectivity index (χ1) is 7.84. The molecule has 0 unspecified atom stereocenters. The fraction of sp³-hybridized carbons (Fsp3) is 0. The van der Waals surface area contributed by atoms with Crippen molar-refractivity contribution in [1.82, 2.24) is 20.4 Å². The van der Waals surface area contributed by atoms with E-state index in [-0.39, 0.29) is 0 Å². The first kappa shape index (κ1) is 8.84. The van der Waals surface area contributed by atoms with Gasteiger partial charge in [0.2, 0.25) is 0 Å². The Bertz CT molecular complexity index is 626. The normalized spacial score (nSPS) is 10.8. The van der Waals surface area contributed by atoms with Crippen LogP contribution >= 0.6 is 0 Å². The zero-order valence-corrected chi connectivity index (χ0v) is 8.38. The van der Waals surface area contributed by atoms with Crippen molar-refractivity contribution in [3.8, 4) is 11.3 Å². The number of hydrogen-bond acceptors (Lipinski definition) is 4. The SMILES string of the molecule is Nc1ccc(-c2cccc3cn[nH]c23)nn1. The van der Waals surface area contributed by atoms with Crippen LogP contribution in [0.2, 0.25) is 0 Å². The topological polar surface area (TPSA) is 80.5 Å². The highest BCUT2D eigenvalue weighted by Crippen LogP contribution is 2.24. The minimum absolute atomic E-state index is 0.417. The molecule has 0 aliphatic carbocycles. The summed E-state index contributed by atoms with van der Waals surface area (Å²) in [7, 11) is 0. The molecule has 3 rings (SSSR count). The van der Waals surface area contributed by atoms with Crippen molar-refractivity contribution in [3.63, 3.8) is 0 Å². The summed E-state index contributed by atoms with van der Waals surface area (Å²) in [5.41, 5.74) is 8.22. The Balaban J connectivity index is 2.25. The average molecular weight is 211 g/mol. The van der Waals surface area contributed by atoms with E-state index < -0.39 is 0 Å². The number of para-hydroxylation sites is 1. The average Bonchev–Trinajstić information content (AvgIpc) is 2.78. The third-order valence-corrected chi connectivity index (χ3v) is 2.44. The minimum atomic E-state index is 0.417. The largest absolute Gasteiger partial charge is 0.382 e. The molecule has 2 aromatic heterocycles. The number of rotatable bonds is 1. The molecule has 0 saturated carbocycles. The van der Waals surface area contributed by atoms with Gasteiger partial charge < -0.3 is 5.73 Å². The lowest BCUT2D eigenvalue weighted by Gasteiger charge is -2.01. The van der Waals surface area contributed by atoms with Crippen LogP contribution in [0.25, 0.3) is 22.2 Å². The van der Waals surface area contributed by atoms with Crippen molar-refractivity contribution < 1.29 is 0 Å². The van der Waals surface area contributed by atoms with Crippen LogP contribution in [0.3, 0.4) is 0 Å². The first-order valence-corrected chi connectivity index (χ1v) is 4.86. The third-order valence-electron chi connectivity index (χ3n) is 2.44. The highest BCUT2D eigenvalue weighted by Gasteiger charge is 2.06. The van der Waals surface area contributed by atoms with Gasteiger partial charge in [-0.15, -0.1) is 10.2 Å². The Labute approximate surface area is 91.3 Å². The van der Waals surface area contributed by atoms with Crippen LogP contribution in [0.5, 0.6) is 0 Å². The molecule has 0 bridgehead atoms. The third kappa shape index (κ3) is 1.30.